The van der Waals surface area contributed by atoms with Crippen molar-refractivity contribution in [3.05, 3.63) is 24.2 Å². The van der Waals surface area contributed by atoms with E-state index in [0.29, 0.717) is 19.1 Å². The molecule has 6 heteroatoms. The molecule has 2 heterocycles. The molecular weight excluding hydrogens is 304 g/mol. The van der Waals surface area contributed by atoms with Gasteiger partial charge in [0.1, 0.15) is 11.3 Å². The van der Waals surface area contributed by atoms with Gasteiger partial charge in [0, 0.05) is 38.7 Å². The molecule has 1 fully saturated rings. The number of hydrogen-bond acceptors (Lipinski definition) is 4. The third-order valence-electron chi connectivity index (χ3n) is 4.63. The van der Waals surface area contributed by atoms with Crippen LogP contribution in [0.25, 0.3) is 11.2 Å². The summed E-state index contributed by atoms with van der Waals surface area (Å²) in [5, 5.41) is 3.14. The number of aryl methyl sites for hydroxylation is 1. The molecule has 0 unspecified atom stereocenters. The first-order valence-corrected chi connectivity index (χ1v) is 8.86. The molecule has 0 atom stereocenters. The Hall–Kier alpha value is -1.95. The standard InChI is InChI=1S/C18H26N4O2/c1-24-13-12-22-16(21-15-8-5-11-19-18(15)22)9-4-10-17(23)20-14-6-2-3-7-14/h5,8,11,14H,2-4,6-7,9-10,12-13H2,1H3,(H,20,23). The average molecular weight is 330 g/mol. The average Bonchev–Trinajstić information content (AvgIpc) is 3.20. The van der Waals surface area contributed by atoms with Gasteiger partial charge in [-0.2, -0.15) is 0 Å². The molecule has 1 aliphatic carbocycles. The Morgan fingerprint density at radius 1 is 1.42 bits per heavy atom. The van der Waals surface area contributed by atoms with Crippen LogP contribution in [0.4, 0.5) is 0 Å². The molecule has 130 valence electrons. The maximum Gasteiger partial charge on any atom is 0.220 e. The molecule has 0 aromatic carbocycles. The molecule has 6 nitrogen and oxygen atoms in total. The van der Waals surface area contributed by atoms with E-state index in [9.17, 15) is 4.79 Å². The zero-order valence-electron chi connectivity index (χ0n) is 14.3. The van der Waals surface area contributed by atoms with Crippen LogP contribution in [0.15, 0.2) is 18.3 Å². The van der Waals surface area contributed by atoms with E-state index in [1.165, 1.54) is 12.8 Å². The molecule has 24 heavy (non-hydrogen) atoms. The molecule has 2 aromatic rings. The number of imidazole rings is 1. The Morgan fingerprint density at radius 3 is 3.04 bits per heavy atom. The van der Waals surface area contributed by atoms with Gasteiger partial charge in [-0.1, -0.05) is 12.8 Å². The van der Waals surface area contributed by atoms with Crippen LogP contribution in [0.2, 0.25) is 0 Å². The van der Waals surface area contributed by atoms with Crippen LogP contribution in [0.5, 0.6) is 0 Å². The van der Waals surface area contributed by atoms with Crippen molar-refractivity contribution in [2.45, 2.75) is 57.5 Å². The van der Waals surface area contributed by atoms with Crippen molar-refractivity contribution in [2.24, 2.45) is 0 Å². The Labute approximate surface area is 142 Å². The van der Waals surface area contributed by atoms with Crippen molar-refractivity contribution in [2.75, 3.05) is 13.7 Å². The number of nitrogens with zero attached hydrogens (tertiary/aromatic N) is 3. The van der Waals surface area contributed by atoms with Gasteiger partial charge in [0.05, 0.1) is 6.61 Å². The number of aromatic nitrogens is 3. The van der Waals surface area contributed by atoms with Crippen molar-refractivity contribution in [1.29, 1.82) is 0 Å². The minimum absolute atomic E-state index is 0.166. The van der Waals surface area contributed by atoms with E-state index in [1.807, 2.05) is 12.1 Å². The maximum atomic E-state index is 12.0. The summed E-state index contributed by atoms with van der Waals surface area (Å²) >= 11 is 0. The zero-order chi connectivity index (χ0) is 16.8. The van der Waals surface area contributed by atoms with Gasteiger partial charge in [0.25, 0.3) is 0 Å². The van der Waals surface area contributed by atoms with E-state index < -0.39 is 0 Å². The van der Waals surface area contributed by atoms with Gasteiger partial charge in [-0.05, 0) is 31.4 Å². The predicted molar refractivity (Wildman–Crippen MR) is 92.7 cm³/mol. The fourth-order valence-electron chi connectivity index (χ4n) is 3.39. The van der Waals surface area contributed by atoms with Crippen molar-refractivity contribution in [3.8, 4) is 0 Å². The van der Waals surface area contributed by atoms with Gasteiger partial charge >= 0.3 is 0 Å². The van der Waals surface area contributed by atoms with Crippen LogP contribution < -0.4 is 5.32 Å². The summed E-state index contributed by atoms with van der Waals surface area (Å²) in [5.74, 6) is 1.15. The minimum Gasteiger partial charge on any atom is -0.383 e. The highest BCUT2D eigenvalue weighted by atomic mass is 16.5. The number of hydrogen-bond donors (Lipinski definition) is 1. The summed E-state index contributed by atoms with van der Waals surface area (Å²) in [7, 11) is 1.69. The van der Waals surface area contributed by atoms with Gasteiger partial charge in [0.15, 0.2) is 5.65 Å². The smallest absolute Gasteiger partial charge is 0.220 e. The molecule has 3 rings (SSSR count). The summed E-state index contributed by atoms with van der Waals surface area (Å²) in [6.07, 6.45) is 8.65. The Kier molecular flexibility index (Phi) is 5.80. The van der Waals surface area contributed by atoms with E-state index in [-0.39, 0.29) is 5.91 Å². The normalized spacial score (nSPS) is 15.2. The highest BCUT2D eigenvalue weighted by Crippen LogP contribution is 2.18. The second-order valence-corrected chi connectivity index (χ2v) is 6.42. The summed E-state index contributed by atoms with van der Waals surface area (Å²) in [5.41, 5.74) is 1.79. The number of nitrogens with one attached hydrogen (secondary N) is 1. The monoisotopic (exact) mass is 330 g/mol. The van der Waals surface area contributed by atoms with Crippen LogP contribution in [-0.2, 0) is 22.5 Å². The van der Waals surface area contributed by atoms with Crippen LogP contribution in [0, 0.1) is 0 Å². The van der Waals surface area contributed by atoms with Crippen molar-refractivity contribution < 1.29 is 9.53 Å². The second-order valence-electron chi connectivity index (χ2n) is 6.42. The van der Waals surface area contributed by atoms with Crippen molar-refractivity contribution >= 4 is 17.1 Å². The molecule has 0 saturated heterocycles. The first kappa shape index (κ1) is 16.9. The number of rotatable bonds is 8. The second kappa shape index (κ2) is 8.24. The summed E-state index contributed by atoms with van der Waals surface area (Å²) in [6, 6.07) is 4.27. The molecule has 0 aliphatic heterocycles. The van der Waals surface area contributed by atoms with Crippen LogP contribution in [0.1, 0.15) is 44.3 Å². The fourth-order valence-corrected chi connectivity index (χ4v) is 3.39. The topological polar surface area (TPSA) is 69.0 Å². The number of methoxy groups -OCH3 is 1. The summed E-state index contributed by atoms with van der Waals surface area (Å²) in [6.45, 7) is 1.35. The largest absolute Gasteiger partial charge is 0.383 e. The van der Waals surface area contributed by atoms with E-state index in [0.717, 1.165) is 49.2 Å². The zero-order valence-corrected chi connectivity index (χ0v) is 14.3. The molecule has 0 spiro atoms. The number of amides is 1. The van der Waals surface area contributed by atoms with Crippen LogP contribution in [-0.4, -0.2) is 40.2 Å². The lowest BCUT2D eigenvalue weighted by Crippen LogP contribution is -2.32. The molecule has 0 bridgehead atoms. The molecule has 1 aliphatic rings. The summed E-state index contributed by atoms with van der Waals surface area (Å²) in [4.78, 5) is 21.2. The Bertz CT molecular complexity index is 677. The first-order valence-electron chi connectivity index (χ1n) is 8.86. The van der Waals surface area contributed by atoms with Crippen molar-refractivity contribution in [3.63, 3.8) is 0 Å². The fraction of sp³-hybridized carbons (Fsp3) is 0.611. The molecule has 1 saturated carbocycles. The number of ether oxygens (including phenoxy) is 1. The van der Waals surface area contributed by atoms with Gasteiger partial charge in [-0.15, -0.1) is 0 Å². The molecule has 1 amide bonds. The quantitative estimate of drug-likeness (QED) is 0.807. The van der Waals surface area contributed by atoms with Gasteiger partial charge < -0.3 is 14.6 Å². The number of carbonyl (C=O) groups excluding carboxylic acids is 1. The first-order chi connectivity index (χ1) is 11.8. The Morgan fingerprint density at radius 2 is 2.25 bits per heavy atom. The third-order valence-corrected chi connectivity index (χ3v) is 4.63. The van der Waals surface area contributed by atoms with Gasteiger partial charge in [0.2, 0.25) is 5.91 Å². The van der Waals surface area contributed by atoms with Gasteiger partial charge in [-0.25, -0.2) is 9.97 Å². The van der Waals surface area contributed by atoms with E-state index in [2.05, 4.69) is 19.9 Å². The molecular formula is C18H26N4O2. The Balaban J connectivity index is 1.58. The molecule has 2 aromatic heterocycles. The summed E-state index contributed by atoms with van der Waals surface area (Å²) < 4.78 is 7.30. The number of carbonyl (C=O) groups is 1. The molecule has 1 N–H and O–H groups in total. The SMILES string of the molecule is COCCn1c(CCCC(=O)NC2CCCC2)nc2cccnc21. The molecule has 0 radical (unpaired) electrons. The highest BCUT2D eigenvalue weighted by Gasteiger charge is 2.17. The lowest BCUT2D eigenvalue weighted by Gasteiger charge is -2.12. The maximum absolute atomic E-state index is 12.0. The minimum atomic E-state index is 0.166. The van der Waals surface area contributed by atoms with Crippen LogP contribution in [0.3, 0.4) is 0 Å². The van der Waals surface area contributed by atoms with Crippen LogP contribution >= 0.6 is 0 Å². The van der Waals surface area contributed by atoms with Crippen molar-refractivity contribution in [1.82, 2.24) is 19.9 Å². The number of pyridine rings is 1. The lowest BCUT2D eigenvalue weighted by molar-refractivity contribution is -0.121. The van der Waals surface area contributed by atoms with Gasteiger partial charge in [-0.3, -0.25) is 4.79 Å². The third kappa shape index (κ3) is 4.12. The predicted octanol–water partition coefficient (Wildman–Crippen LogP) is 2.46. The number of fused-ring (bicyclic) bond motifs is 1. The highest BCUT2D eigenvalue weighted by molar-refractivity contribution is 5.76. The van der Waals surface area contributed by atoms with E-state index >= 15 is 0 Å². The van der Waals surface area contributed by atoms with E-state index in [1.54, 1.807) is 13.3 Å². The lowest BCUT2D eigenvalue weighted by atomic mass is 10.2. The van der Waals surface area contributed by atoms with E-state index in [4.69, 9.17) is 4.74 Å².